The van der Waals surface area contributed by atoms with E-state index in [-0.39, 0.29) is 11.7 Å². The number of carbonyl (C=O) groups excluding carboxylic acids is 2. The second-order valence-corrected chi connectivity index (χ2v) is 6.74. The number of ketones is 1. The van der Waals surface area contributed by atoms with E-state index in [1.807, 2.05) is 30.9 Å². The zero-order valence-electron chi connectivity index (χ0n) is 12.4. The van der Waals surface area contributed by atoms with Gasteiger partial charge in [-0.2, -0.15) is 0 Å². The van der Waals surface area contributed by atoms with Gasteiger partial charge in [-0.1, -0.05) is 12.8 Å². The minimum Gasteiger partial charge on any atom is -0.340 e. The molecule has 0 radical (unpaired) electrons. The van der Waals surface area contributed by atoms with Gasteiger partial charge in [-0.3, -0.25) is 9.59 Å². The Balaban J connectivity index is 1.85. The summed E-state index contributed by atoms with van der Waals surface area (Å²) in [4.78, 5) is 28.2. The van der Waals surface area contributed by atoms with Gasteiger partial charge in [-0.05, 0) is 38.8 Å². The Hall–Kier alpha value is -1.16. The third kappa shape index (κ3) is 3.69. The van der Waals surface area contributed by atoms with Gasteiger partial charge < -0.3 is 4.90 Å². The van der Waals surface area contributed by atoms with Crippen LogP contribution in [0, 0.1) is 6.92 Å². The average Bonchev–Trinajstić information content (AvgIpc) is 3.08. The molecule has 1 aliphatic rings. The predicted molar refractivity (Wildman–Crippen MR) is 82.3 cm³/mol. The summed E-state index contributed by atoms with van der Waals surface area (Å²) in [5, 5.41) is 0. The molecule has 0 unspecified atom stereocenters. The summed E-state index contributed by atoms with van der Waals surface area (Å²) in [5.41, 5.74) is 0. The van der Waals surface area contributed by atoms with Gasteiger partial charge in [-0.15, -0.1) is 11.3 Å². The highest BCUT2D eigenvalue weighted by Gasteiger charge is 2.25. The predicted octanol–water partition coefficient (Wildman–Crippen LogP) is 3.81. The van der Waals surface area contributed by atoms with Crippen molar-refractivity contribution in [3.8, 4) is 0 Å². The molecule has 1 heterocycles. The first-order chi connectivity index (χ1) is 9.61. The molecule has 20 heavy (non-hydrogen) atoms. The third-order valence-corrected chi connectivity index (χ3v) is 5.05. The lowest BCUT2D eigenvalue weighted by Crippen LogP contribution is -2.38. The SMILES string of the molecule is CCN(C(=O)CCC(=O)c1ccc(C)s1)C1CCCC1. The van der Waals surface area contributed by atoms with Gasteiger partial charge in [0.2, 0.25) is 5.91 Å². The van der Waals surface area contributed by atoms with Gasteiger partial charge in [0.15, 0.2) is 5.78 Å². The van der Waals surface area contributed by atoms with Crippen LogP contribution in [0.2, 0.25) is 0 Å². The third-order valence-electron chi connectivity index (χ3n) is 4.01. The van der Waals surface area contributed by atoms with Crippen LogP contribution >= 0.6 is 11.3 Å². The van der Waals surface area contributed by atoms with Gasteiger partial charge in [0.05, 0.1) is 4.88 Å². The van der Waals surface area contributed by atoms with E-state index in [2.05, 4.69) is 0 Å². The number of hydrogen-bond donors (Lipinski definition) is 0. The summed E-state index contributed by atoms with van der Waals surface area (Å²) >= 11 is 1.51. The molecule has 0 aliphatic heterocycles. The van der Waals surface area contributed by atoms with Crippen LogP contribution in [0.4, 0.5) is 0 Å². The van der Waals surface area contributed by atoms with E-state index in [9.17, 15) is 9.59 Å². The van der Waals surface area contributed by atoms with Crippen molar-refractivity contribution >= 4 is 23.0 Å². The van der Waals surface area contributed by atoms with Crippen molar-refractivity contribution in [1.82, 2.24) is 4.90 Å². The van der Waals surface area contributed by atoms with Crippen LogP contribution in [-0.2, 0) is 4.79 Å². The van der Waals surface area contributed by atoms with Crippen LogP contribution in [-0.4, -0.2) is 29.2 Å². The van der Waals surface area contributed by atoms with Gasteiger partial charge in [-0.25, -0.2) is 0 Å². The fourth-order valence-corrected chi connectivity index (χ4v) is 3.76. The molecule has 1 fully saturated rings. The largest absolute Gasteiger partial charge is 0.340 e. The molecule has 0 N–H and O–H groups in total. The number of carbonyl (C=O) groups is 2. The van der Waals surface area contributed by atoms with Crippen molar-refractivity contribution < 1.29 is 9.59 Å². The number of amides is 1. The summed E-state index contributed by atoms with van der Waals surface area (Å²) in [6.07, 6.45) is 5.38. The standard InChI is InChI=1S/C16H23NO2S/c1-3-17(13-6-4-5-7-13)16(19)11-9-14(18)15-10-8-12(2)20-15/h8,10,13H,3-7,9,11H2,1-2H3. The maximum atomic E-state index is 12.3. The first kappa shape index (κ1) is 15.2. The van der Waals surface area contributed by atoms with E-state index in [0.29, 0.717) is 18.9 Å². The van der Waals surface area contributed by atoms with Gasteiger partial charge in [0.1, 0.15) is 0 Å². The normalized spacial score (nSPS) is 15.5. The van der Waals surface area contributed by atoms with Crippen molar-refractivity contribution in [3.63, 3.8) is 0 Å². The molecule has 0 spiro atoms. The highest BCUT2D eigenvalue weighted by Crippen LogP contribution is 2.24. The van der Waals surface area contributed by atoms with Crippen molar-refractivity contribution in [2.45, 2.75) is 58.4 Å². The van der Waals surface area contributed by atoms with Crippen LogP contribution in [0.25, 0.3) is 0 Å². The van der Waals surface area contributed by atoms with Crippen LogP contribution in [0.5, 0.6) is 0 Å². The van der Waals surface area contributed by atoms with Crippen molar-refractivity contribution in [2.24, 2.45) is 0 Å². The molecule has 0 saturated heterocycles. The second-order valence-electron chi connectivity index (χ2n) is 5.45. The number of Topliss-reactive ketones (excluding diaryl/α,β-unsaturated/α-hetero) is 1. The van der Waals surface area contributed by atoms with E-state index >= 15 is 0 Å². The van der Waals surface area contributed by atoms with Crippen molar-refractivity contribution in [3.05, 3.63) is 21.9 Å². The number of rotatable bonds is 6. The Morgan fingerprint density at radius 3 is 2.50 bits per heavy atom. The van der Waals surface area contributed by atoms with Crippen LogP contribution < -0.4 is 0 Å². The molecular formula is C16H23NO2S. The number of thiophene rings is 1. The first-order valence-electron chi connectivity index (χ1n) is 7.51. The number of nitrogens with zero attached hydrogens (tertiary/aromatic N) is 1. The number of aryl methyl sites for hydroxylation is 1. The molecule has 0 atom stereocenters. The summed E-state index contributed by atoms with van der Waals surface area (Å²) in [7, 11) is 0. The van der Waals surface area contributed by atoms with E-state index in [1.165, 1.54) is 24.2 Å². The second kappa shape index (κ2) is 7.02. The van der Waals surface area contributed by atoms with Gasteiger partial charge in [0.25, 0.3) is 0 Å². The molecule has 3 nitrogen and oxygen atoms in total. The lowest BCUT2D eigenvalue weighted by Gasteiger charge is -2.27. The topological polar surface area (TPSA) is 37.4 Å². The summed E-state index contributed by atoms with van der Waals surface area (Å²) in [5.74, 6) is 0.236. The van der Waals surface area contributed by atoms with Crippen LogP contribution in [0.15, 0.2) is 12.1 Å². The fraction of sp³-hybridized carbons (Fsp3) is 0.625. The summed E-state index contributed by atoms with van der Waals surface area (Å²) < 4.78 is 0. The van der Waals surface area contributed by atoms with Crippen LogP contribution in [0.1, 0.15) is 60.0 Å². The van der Waals surface area contributed by atoms with E-state index in [0.717, 1.165) is 29.1 Å². The molecule has 2 rings (SSSR count). The first-order valence-corrected chi connectivity index (χ1v) is 8.32. The quantitative estimate of drug-likeness (QED) is 0.748. The molecule has 0 bridgehead atoms. The molecule has 1 aromatic rings. The van der Waals surface area contributed by atoms with Crippen LogP contribution in [0.3, 0.4) is 0 Å². The zero-order valence-corrected chi connectivity index (χ0v) is 13.2. The average molecular weight is 293 g/mol. The molecule has 0 aromatic carbocycles. The molecule has 110 valence electrons. The smallest absolute Gasteiger partial charge is 0.223 e. The Labute approximate surface area is 125 Å². The Morgan fingerprint density at radius 2 is 1.95 bits per heavy atom. The van der Waals surface area contributed by atoms with Gasteiger partial charge >= 0.3 is 0 Å². The minimum atomic E-state index is 0.0962. The van der Waals surface area contributed by atoms with E-state index in [4.69, 9.17) is 0 Å². The summed E-state index contributed by atoms with van der Waals surface area (Å²) in [6, 6.07) is 4.23. The lowest BCUT2D eigenvalue weighted by molar-refractivity contribution is -0.133. The number of hydrogen-bond acceptors (Lipinski definition) is 3. The Bertz CT molecular complexity index is 475. The highest BCUT2D eigenvalue weighted by atomic mass is 32.1. The van der Waals surface area contributed by atoms with Gasteiger partial charge in [0, 0.05) is 30.3 Å². The van der Waals surface area contributed by atoms with Crippen molar-refractivity contribution in [1.29, 1.82) is 0 Å². The lowest BCUT2D eigenvalue weighted by atomic mass is 10.1. The Kier molecular flexibility index (Phi) is 5.35. The maximum absolute atomic E-state index is 12.3. The molecule has 4 heteroatoms. The fourth-order valence-electron chi connectivity index (χ4n) is 2.93. The summed E-state index contributed by atoms with van der Waals surface area (Å²) in [6.45, 7) is 4.78. The minimum absolute atomic E-state index is 0.0962. The molecular weight excluding hydrogens is 270 g/mol. The Morgan fingerprint density at radius 1 is 1.25 bits per heavy atom. The van der Waals surface area contributed by atoms with E-state index in [1.54, 1.807) is 0 Å². The highest BCUT2D eigenvalue weighted by molar-refractivity contribution is 7.14. The monoisotopic (exact) mass is 293 g/mol. The molecule has 1 amide bonds. The molecule has 1 aromatic heterocycles. The maximum Gasteiger partial charge on any atom is 0.223 e. The molecule has 1 saturated carbocycles. The zero-order chi connectivity index (χ0) is 14.5. The molecule has 1 aliphatic carbocycles. The van der Waals surface area contributed by atoms with Crippen molar-refractivity contribution in [2.75, 3.05) is 6.54 Å². The van der Waals surface area contributed by atoms with E-state index < -0.39 is 0 Å².